The number of para-hydroxylation sites is 1. The summed E-state index contributed by atoms with van der Waals surface area (Å²) in [6.45, 7) is 0. The number of anilines is 2. The third-order valence-electron chi connectivity index (χ3n) is 3.52. The van der Waals surface area contributed by atoms with Crippen LogP contribution in [0.4, 0.5) is 11.6 Å². The number of aromatic nitrogens is 4. The zero-order chi connectivity index (χ0) is 15.8. The number of nitrogens with one attached hydrogen (secondary N) is 1. The molecule has 0 fully saturated rings. The van der Waals surface area contributed by atoms with Crippen LogP contribution in [0.1, 0.15) is 10.4 Å². The van der Waals surface area contributed by atoms with Gasteiger partial charge in [0.25, 0.3) is 0 Å². The van der Waals surface area contributed by atoms with Crippen molar-refractivity contribution in [3.8, 4) is 0 Å². The van der Waals surface area contributed by atoms with Crippen molar-refractivity contribution in [2.75, 3.05) is 5.32 Å². The number of fused-ring (bicyclic) bond motifs is 3. The summed E-state index contributed by atoms with van der Waals surface area (Å²) in [4.78, 5) is 15.4. The Kier molecular flexibility index (Phi) is 2.90. The van der Waals surface area contributed by atoms with E-state index in [4.69, 9.17) is 0 Å². The number of hydrogen-bond acceptors (Lipinski definition) is 6. The summed E-state index contributed by atoms with van der Waals surface area (Å²) in [5.74, 6) is -0.661. The fourth-order valence-electron chi connectivity index (χ4n) is 2.41. The molecule has 112 valence electrons. The predicted octanol–water partition coefficient (Wildman–Crippen LogP) is 1.38. The highest BCUT2D eigenvalue weighted by molar-refractivity contribution is 5.92. The normalized spacial score (nSPS) is 11.0. The standard InChI is InChI=1S/C16H11N5O2/c22-15(23)10-5-7-11(8-6-10)18-16-19-13-4-2-1-3-12(13)14-20-17-9-21(14)16/h1-9H,(H,18,19)(H,22,23)/p-1. The molecule has 0 bridgehead atoms. The van der Waals surface area contributed by atoms with Crippen molar-refractivity contribution in [3.63, 3.8) is 0 Å². The molecule has 4 aromatic rings. The number of rotatable bonds is 3. The SMILES string of the molecule is O=C([O-])c1ccc(Nc2nc3ccccc3c3nncn23)cc1. The van der Waals surface area contributed by atoms with E-state index in [2.05, 4.69) is 20.5 Å². The second-order valence-corrected chi connectivity index (χ2v) is 4.97. The Balaban J connectivity index is 1.81. The summed E-state index contributed by atoms with van der Waals surface area (Å²) < 4.78 is 1.75. The van der Waals surface area contributed by atoms with Crippen LogP contribution in [0, 0.1) is 0 Å². The van der Waals surface area contributed by atoms with E-state index in [1.165, 1.54) is 12.1 Å². The molecule has 0 spiro atoms. The van der Waals surface area contributed by atoms with E-state index in [9.17, 15) is 9.90 Å². The van der Waals surface area contributed by atoms with E-state index in [1.54, 1.807) is 22.9 Å². The van der Waals surface area contributed by atoms with Crippen LogP contribution in [0.2, 0.25) is 0 Å². The summed E-state index contributed by atoms with van der Waals surface area (Å²) in [5, 5.41) is 22.9. The lowest BCUT2D eigenvalue weighted by atomic mass is 10.2. The number of carboxylic acid groups (broad SMARTS) is 1. The van der Waals surface area contributed by atoms with Crippen LogP contribution in [0.15, 0.2) is 54.9 Å². The maximum absolute atomic E-state index is 10.8. The molecule has 4 rings (SSSR count). The zero-order valence-electron chi connectivity index (χ0n) is 11.8. The van der Waals surface area contributed by atoms with Crippen LogP contribution >= 0.6 is 0 Å². The summed E-state index contributed by atoms with van der Waals surface area (Å²) in [7, 11) is 0. The van der Waals surface area contributed by atoms with Gasteiger partial charge in [-0.05, 0) is 29.8 Å². The molecule has 0 amide bonds. The van der Waals surface area contributed by atoms with Gasteiger partial charge in [0.1, 0.15) is 6.33 Å². The van der Waals surface area contributed by atoms with Crippen molar-refractivity contribution in [3.05, 3.63) is 60.4 Å². The van der Waals surface area contributed by atoms with Gasteiger partial charge in [-0.1, -0.05) is 24.3 Å². The minimum atomic E-state index is -1.21. The largest absolute Gasteiger partial charge is 0.545 e. The second kappa shape index (κ2) is 5.06. The van der Waals surface area contributed by atoms with Gasteiger partial charge >= 0.3 is 0 Å². The van der Waals surface area contributed by atoms with Gasteiger partial charge in [-0.2, -0.15) is 0 Å². The Bertz CT molecular complexity index is 1020. The first kappa shape index (κ1) is 13.2. The van der Waals surface area contributed by atoms with Gasteiger partial charge < -0.3 is 15.2 Å². The molecule has 0 unspecified atom stereocenters. The van der Waals surface area contributed by atoms with Crippen molar-refractivity contribution < 1.29 is 9.90 Å². The lowest BCUT2D eigenvalue weighted by Crippen LogP contribution is -2.21. The molecule has 7 heteroatoms. The fraction of sp³-hybridized carbons (Fsp3) is 0. The van der Waals surface area contributed by atoms with Gasteiger partial charge in [0, 0.05) is 11.1 Å². The van der Waals surface area contributed by atoms with E-state index in [0.29, 0.717) is 17.3 Å². The van der Waals surface area contributed by atoms with Gasteiger partial charge in [-0.3, -0.25) is 4.40 Å². The molecule has 0 saturated heterocycles. The number of carbonyl (C=O) groups excluding carboxylic acids is 1. The van der Waals surface area contributed by atoms with Crippen LogP contribution in [-0.4, -0.2) is 25.6 Å². The summed E-state index contributed by atoms with van der Waals surface area (Å²) in [6.07, 6.45) is 1.58. The Morgan fingerprint density at radius 1 is 1.09 bits per heavy atom. The molecular formula is C16H10N5O2-. The van der Waals surface area contributed by atoms with E-state index in [0.717, 1.165) is 10.9 Å². The van der Waals surface area contributed by atoms with Crippen LogP contribution < -0.4 is 10.4 Å². The first-order valence-corrected chi connectivity index (χ1v) is 6.89. The topological polar surface area (TPSA) is 95.2 Å². The molecule has 2 aromatic carbocycles. The van der Waals surface area contributed by atoms with Crippen LogP contribution in [0.5, 0.6) is 0 Å². The highest BCUT2D eigenvalue weighted by atomic mass is 16.4. The summed E-state index contributed by atoms with van der Waals surface area (Å²) >= 11 is 0. The van der Waals surface area contributed by atoms with Crippen molar-refractivity contribution in [1.82, 2.24) is 19.6 Å². The van der Waals surface area contributed by atoms with Gasteiger partial charge in [0.15, 0.2) is 5.65 Å². The molecule has 0 aliphatic carbocycles. The molecule has 23 heavy (non-hydrogen) atoms. The van der Waals surface area contributed by atoms with Gasteiger partial charge in [0.05, 0.1) is 11.5 Å². The van der Waals surface area contributed by atoms with Crippen molar-refractivity contribution >= 4 is 34.2 Å². The van der Waals surface area contributed by atoms with Crippen molar-refractivity contribution in [1.29, 1.82) is 0 Å². The average Bonchev–Trinajstić information content (AvgIpc) is 3.06. The molecule has 0 aliphatic heterocycles. The maximum Gasteiger partial charge on any atom is 0.215 e. The second-order valence-electron chi connectivity index (χ2n) is 4.97. The number of hydrogen-bond donors (Lipinski definition) is 1. The number of nitrogens with zero attached hydrogens (tertiary/aromatic N) is 4. The molecule has 0 aliphatic rings. The Morgan fingerprint density at radius 2 is 1.87 bits per heavy atom. The molecular weight excluding hydrogens is 294 g/mol. The van der Waals surface area contributed by atoms with Gasteiger partial charge in [0.2, 0.25) is 5.95 Å². The van der Waals surface area contributed by atoms with Crippen LogP contribution in [0.25, 0.3) is 16.6 Å². The number of carboxylic acids is 1. The van der Waals surface area contributed by atoms with Crippen LogP contribution in [0.3, 0.4) is 0 Å². The monoisotopic (exact) mass is 304 g/mol. The summed E-state index contributed by atoms with van der Waals surface area (Å²) in [6, 6.07) is 13.9. The van der Waals surface area contributed by atoms with Gasteiger partial charge in [-0.15, -0.1) is 10.2 Å². The third-order valence-corrected chi connectivity index (χ3v) is 3.52. The highest BCUT2D eigenvalue weighted by Gasteiger charge is 2.09. The van der Waals surface area contributed by atoms with E-state index in [-0.39, 0.29) is 5.56 Å². The lowest BCUT2D eigenvalue weighted by Gasteiger charge is -2.10. The van der Waals surface area contributed by atoms with Crippen LogP contribution in [-0.2, 0) is 0 Å². The molecule has 7 nitrogen and oxygen atoms in total. The molecule has 0 saturated carbocycles. The molecule has 2 aromatic heterocycles. The summed E-state index contributed by atoms with van der Waals surface area (Å²) in [5.41, 5.74) is 2.32. The number of benzene rings is 2. The molecule has 0 radical (unpaired) electrons. The zero-order valence-corrected chi connectivity index (χ0v) is 11.8. The number of carbonyl (C=O) groups is 1. The van der Waals surface area contributed by atoms with Crippen molar-refractivity contribution in [2.45, 2.75) is 0 Å². The predicted molar refractivity (Wildman–Crippen MR) is 82.3 cm³/mol. The molecule has 2 heterocycles. The average molecular weight is 304 g/mol. The smallest absolute Gasteiger partial charge is 0.215 e. The Labute approximate surface area is 130 Å². The lowest BCUT2D eigenvalue weighted by molar-refractivity contribution is -0.255. The molecule has 0 atom stereocenters. The van der Waals surface area contributed by atoms with Gasteiger partial charge in [-0.25, -0.2) is 4.98 Å². The van der Waals surface area contributed by atoms with Crippen molar-refractivity contribution in [2.24, 2.45) is 0 Å². The Morgan fingerprint density at radius 3 is 2.65 bits per heavy atom. The third kappa shape index (κ3) is 2.24. The highest BCUT2D eigenvalue weighted by Crippen LogP contribution is 2.22. The first-order chi connectivity index (χ1) is 11.2. The number of aromatic carboxylic acids is 1. The quantitative estimate of drug-likeness (QED) is 0.614. The Hall–Kier alpha value is -3.48. The van der Waals surface area contributed by atoms with E-state index in [1.807, 2.05) is 24.3 Å². The van der Waals surface area contributed by atoms with E-state index < -0.39 is 5.97 Å². The maximum atomic E-state index is 10.8. The fourth-order valence-corrected chi connectivity index (χ4v) is 2.41. The van der Waals surface area contributed by atoms with E-state index >= 15 is 0 Å². The molecule has 1 N–H and O–H groups in total. The minimum Gasteiger partial charge on any atom is -0.545 e. The minimum absolute atomic E-state index is 0.122. The first-order valence-electron chi connectivity index (χ1n) is 6.89.